The summed E-state index contributed by atoms with van der Waals surface area (Å²) in [5.74, 6) is -3.64. The van der Waals surface area contributed by atoms with Crippen LogP contribution in [0, 0.1) is 12.8 Å². The van der Waals surface area contributed by atoms with Crippen molar-refractivity contribution in [1.29, 1.82) is 0 Å². The third-order valence-corrected chi connectivity index (χ3v) is 4.34. The van der Waals surface area contributed by atoms with Gasteiger partial charge in [-0.1, -0.05) is 30.3 Å². The van der Waals surface area contributed by atoms with E-state index < -0.39 is 17.9 Å². The molecule has 0 aliphatic heterocycles. The summed E-state index contributed by atoms with van der Waals surface area (Å²) in [5.41, 5.74) is 3.64. The van der Waals surface area contributed by atoms with E-state index in [1.807, 2.05) is 31.2 Å². The van der Waals surface area contributed by atoms with E-state index in [0.717, 1.165) is 22.2 Å². The van der Waals surface area contributed by atoms with Gasteiger partial charge in [0.2, 0.25) is 0 Å². The topological polar surface area (TPSA) is 116 Å². The second-order valence-corrected chi connectivity index (χ2v) is 5.87. The molecule has 0 fully saturated rings. The number of carboxylic acids is 2. The SMILES string of the molecule is CCc1noc(C)c1-c1[nH]c2ccccc2c1CC(C(=O)O)C(=O)O. The maximum Gasteiger partial charge on any atom is 0.318 e. The van der Waals surface area contributed by atoms with E-state index in [4.69, 9.17) is 4.52 Å². The van der Waals surface area contributed by atoms with Crippen LogP contribution in [-0.4, -0.2) is 32.3 Å². The third kappa shape index (κ3) is 2.88. The maximum absolute atomic E-state index is 11.4. The Morgan fingerprint density at radius 3 is 2.56 bits per heavy atom. The fourth-order valence-corrected chi connectivity index (χ4v) is 3.09. The van der Waals surface area contributed by atoms with Crippen LogP contribution >= 0.6 is 0 Å². The minimum Gasteiger partial charge on any atom is -0.481 e. The van der Waals surface area contributed by atoms with Crippen molar-refractivity contribution in [2.75, 3.05) is 0 Å². The number of benzene rings is 1. The molecule has 0 aliphatic carbocycles. The number of aliphatic carboxylic acids is 2. The number of H-pyrrole nitrogens is 1. The number of hydrogen-bond acceptors (Lipinski definition) is 4. The van der Waals surface area contributed by atoms with Crippen LogP contribution in [0.3, 0.4) is 0 Å². The normalized spacial score (nSPS) is 11.3. The summed E-state index contributed by atoms with van der Waals surface area (Å²) in [6.07, 6.45) is 0.514. The predicted octanol–water partition coefficient (Wildman–Crippen LogP) is 3.02. The van der Waals surface area contributed by atoms with Gasteiger partial charge < -0.3 is 19.7 Å². The molecule has 0 saturated carbocycles. The predicted molar refractivity (Wildman–Crippen MR) is 90.4 cm³/mol. The smallest absolute Gasteiger partial charge is 0.318 e. The van der Waals surface area contributed by atoms with Gasteiger partial charge in [-0.3, -0.25) is 9.59 Å². The Kier molecular flexibility index (Phi) is 4.31. The first-order valence-corrected chi connectivity index (χ1v) is 7.94. The van der Waals surface area contributed by atoms with Gasteiger partial charge in [-0.2, -0.15) is 0 Å². The van der Waals surface area contributed by atoms with Crippen molar-refractivity contribution in [1.82, 2.24) is 10.1 Å². The highest BCUT2D eigenvalue weighted by molar-refractivity contribution is 5.96. The Morgan fingerprint density at radius 1 is 1.24 bits per heavy atom. The van der Waals surface area contributed by atoms with Gasteiger partial charge in [0.15, 0.2) is 5.92 Å². The highest BCUT2D eigenvalue weighted by Crippen LogP contribution is 2.36. The molecular formula is C18H18N2O5. The quantitative estimate of drug-likeness (QED) is 0.593. The lowest BCUT2D eigenvalue weighted by Gasteiger charge is -2.09. The molecule has 0 spiro atoms. The molecule has 2 aromatic heterocycles. The summed E-state index contributed by atoms with van der Waals surface area (Å²) < 4.78 is 5.29. The molecule has 0 radical (unpaired) electrons. The van der Waals surface area contributed by atoms with Crippen molar-refractivity contribution >= 4 is 22.8 Å². The number of rotatable bonds is 6. The highest BCUT2D eigenvalue weighted by Gasteiger charge is 2.30. The number of aromatic nitrogens is 2. The lowest BCUT2D eigenvalue weighted by atomic mass is 9.94. The van der Waals surface area contributed by atoms with Crippen molar-refractivity contribution in [3.63, 3.8) is 0 Å². The minimum absolute atomic E-state index is 0.127. The fraction of sp³-hybridized carbons (Fsp3) is 0.278. The Balaban J connectivity index is 2.24. The zero-order valence-corrected chi connectivity index (χ0v) is 13.9. The van der Waals surface area contributed by atoms with Crippen LogP contribution in [0.2, 0.25) is 0 Å². The van der Waals surface area contributed by atoms with Gasteiger partial charge in [0.05, 0.1) is 17.0 Å². The monoisotopic (exact) mass is 342 g/mol. The number of carbonyl (C=O) groups is 2. The number of hydrogen-bond donors (Lipinski definition) is 3. The van der Waals surface area contributed by atoms with Gasteiger partial charge in [0.1, 0.15) is 5.76 Å². The number of para-hydroxylation sites is 1. The zero-order chi connectivity index (χ0) is 18.1. The first-order chi connectivity index (χ1) is 11.9. The molecule has 7 heteroatoms. The molecule has 1 aromatic carbocycles. The number of aromatic amines is 1. The van der Waals surface area contributed by atoms with E-state index >= 15 is 0 Å². The lowest BCUT2D eigenvalue weighted by Crippen LogP contribution is -2.25. The zero-order valence-electron chi connectivity index (χ0n) is 13.9. The number of aryl methyl sites for hydroxylation is 2. The van der Waals surface area contributed by atoms with Crippen molar-refractivity contribution in [2.24, 2.45) is 5.92 Å². The molecular weight excluding hydrogens is 324 g/mol. The Morgan fingerprint density at radius 2 is 1.92 bits per heavy atom. The van der Waals surface area contributed by atoms with Gasteiger partial charge in [-0.05, 0) is 31.4 Å². The molecule has 0 aliphatic rings. The molecule has 0 amide bonds. The second-order valence-electron chi connectivity index (χ2n) is 5.87. The van der Waals surface area contributed by atoms with Crippen LogP contribution in [0.25, 0.3) is 22.2 Å². The Labute approximate surface area is 143 Å². The van der Waals surface area contributed by atoms with Crippen molar-refractivity contribution in [3.05, 3.63) is 41.3 Å². The van der Waals surface area contributed by atoms with Gasteiger partial charge in [-0.25, -0.2) is 0 Å². The van der Waals surface area contributed by atoms with E-state index in [2.05, 4.69) is 10.1 Å². The molecule has 3 N–H and O–H groups in total. The van der Waals surface area contributed by atoms with Crippen LogP contribution in [-0.2, 0) is 22.4 Å². The maximum atomic E-state index is 11.4. The first-order valence-electron chi connectivity index (χ1n) is 7.94. The van der Waals surface area contributed by atoms with Crippen LogP contribution in [0.4, 0.5) is 0 Å². The van der Waals surface area contributed by atoms with E-state index in [-0.39, 0.29) is 6.42 Å². The van der Waals surface area contributed by atoms with E-state index in [9.17, 15) is 19.8 Å². The van der Waals surface area contributed by atoms with E-state index in [0.29, 0.717) is 23.4 Å². The summed E-state index contributed by atoms with van der Waals surface area (Å²) in [4.78, 5) is 26.0. The van der Waals surface area contributed by atoms with Crippen LogP contribution in [0.15, 0.2) is 28.8 Å². The number of nitrogens with one attached hydrogen (secondary N) is 1. The van der Waals surface area contributed by atoms with Crippen molar-refractivity contribution < 1.29 is 24.3 Å². The summed E-state index contributed by atoms with van der Waals surface area (Å²) in [7, 11) is 0. The highest BCUT2D eigenvalue weighted by atomic mass is 16.5. The molecule has 130 valence electrons. The molecule has 0 unspecified atom stereocenters. The fourth-order valence-electron chi connectivity index (χ4n) is 3.09. The number of nitrogens with zero attached hydrogens (tertiary/aromatic N) is 1. The average molecular weight is 342 g/mol. The summed E-state index contributed by atoms with van der Waals surface area (Å²) >= 11 is 0. The van der Waals surface area contributed by atoms with Gasteiger partial charge in [0, 0.05) is 10.9 Å². The molecule has 0 bridgehead atoms. The molecule has 25 heavy (non-hydrogen) atoms. The summed E-state index contributed by atoms with van der Waals surface area (Å²) in [6, 6.07) is 7.41. The molecule has 0 atom stereocenters. The van der Waals surface area contributed by atoms with E-state index in [1.165, 1.54) is 0 Å². The van der Waals surface area contributed by atoms with Crippen LogP contribution < -0.4 is 0 Å². The van der Waals surface area contributed by atoms with Crippen molar-refractivity contribution in [3.8, 4) is 11.3 Å². The molecule has 0 saturated heterocycles. The van der Waals surface area contributed by atoms with Crippen LogP contribution in [0.5, 0.6) is 0 Å². The molecule has 3 rings (SSSR count). The van der Waals surface area contributed by atoms with Gasteiger partial charge in [-0.15, -0.1) is 0 Å². The van der Waals surface area contributed by atoms with Gasteiger partial charge in [0.25, 0.3) is 0 Å². The number of carboxylic acid groups (broad SMARTS) is 2. The summed E-state index contributed by atoms with van der Waals surface area (Å²) in [5, 5.41) is 23.4. The minimum atomic E-state index is -1.52. The number of fused-ring (bicyclic) bond motifs is 1. The van der Waals surface area contributed by atoms with Crippen molar-refractivity contribution in [2.45, 2.75) is 26.7 Å². The Bertz CT molecular complexity index is 940. The first kappa shape index (κ1) is 16.8. The molecule has 7 nitrogen and oxygen atoms in total. The second kappa shape index (κ2) is 6.43. The molecule has 3 aromatic rings. The van der Waals surface area contributed by atoms with E-state index in [1.54, 1.807) is 6.92 Å². The van der Waals surface area contributed by atoms with Gasteiger partial charge >= 0.3 is 11.9 Å². The van der Waals surface area contributed by atoms with Crippen LogP contribution in [0.1, 0.15) is 23.9 Å². The average Bonchev–Trinajstić information content (AvgIpc) is 3.11. The Hall–Kier alpha value is -3.09. The molecule has 2 heterocycles. The lowest BCUT2D eigenvalue weighted by molar-refractivity contribution is -0.154. The third-order valence-electron chi connectivity index (χ3n) is 4.34. The summed E-state index contributed by atoms with van der Waals surface area (Å²) in [6.45, 7) is 3.73. The standard InChI is InChI=1S/C18H18N2O5/c1-3-13-15(9(2)25-20-13)16-11(8-12(17(21)22)18(23)24)10-6-4-5-7-14(10)19-16/h4-7,12,19H,3,8H2,1-2H3,(H,21,22)(H,23,24). The largest absolute Gasteiger partial charge is 0.481 e.